The number of hydrogen-bond donors (Lipinski definition) is 2. The summed E-state index contributed by atoms with van der Waals surface area (Å²) in [6.07, 6.45) is 7.28. The van der Waals surface area contributed by atoms with Crippen molar-refractivity contribution in [2.24, 2.45) is 5.84 Å². The molecule has 2 rings (SSSR count). The maximum Gasteiger partial charge on any atom is 0.0645 e. The topological polar surface area (TPSA) is 55.9 Å². The Hall–Kier alpha value is -1.65. The van der Waals surface area contributed by atoms with Crippen molar-refractivity contribution in [3.8, 4) is 5.69 Å². The van der Waals surface area contributed by atoms with Gasteiger partial charge < -0.3 is 0 Å². The van der Waals surface area contributed by atoms with Crippen LogP contribution in [0.3, 0.4) is 0 Å². The summed E-state index contributed by atoms with van der Waals surface area (Å²) < 4.78 is 1.88. The van der Waals surface area contributed by atoms with Crippen LogP contribution in [0.15, 0.2) is 42.7 Å². The van der Waals surface area contributed by atoms with Gasteiger partial charge in [0.25, 0.3) is 0 Å². The molecule has 96 valence electrons. The van der Waals surface area contributed by atoms with E-state index in [-0.39, 0.29) is 6.04 Å². The minimum atomic E-state index is 0.183. The average molecular weight is 244 g/mol. The zero-order valence-corrected chi connectivity index (χ0v) is 10.7. The van der Waals surface area contributed by atoms with Crippen LogP contribution in [-0.2, 0) is 0 Å². The van der Waals surface area contributed by atoms with E-state index in [0.29, 0.717) is 0 Å². The second-order valence-corrected chi connectivity index (χ2v) is 4.42. The lowest BCUT2D eigenvalue weighted by atomic mass is 10.1. The van der Waals surface area contributed by atoms with Gasteiger partial charge in [-0.25, -0.2) is 4.68 Å². The first-order chi connectivity index (χ1) is 8.85. The van der Waals surface area contributed by atoms with Crippen molar-refractivity contribution in [2.75, 3.05) is 0 Å². The van der Waals surface area contributed by atoms with Crippen LogP contribution in [0, 0.1) is 0 Å². The van der Waals surface area contributed by atoms with Crippen LogP contribution < -0.4 is 11.3 Å². The Balaban J connectivity index is 2.14. The SMILES string of the molecule is CCCCC(NN)c1cnn(-c2ccccc2)c1. The molecule has 0 aliphatic heterocycles. The van der Waals surface area contributed by atoms with Gasteiger partial charge in [-0.15, -0.1) is 0 Å². The van der Waals surface area contributed by atoms with Crippen molar-refractivity contribution in [3.05, 3.63) is 48.3 Å². The van der Waals surface area contributed by atoms with Crippen molar-refractivity contribution in [1.29, 1.82) is 0 Å². The highest BCUT2D eigenvalue weighted by atomic mass is 15.3. The summed E-state index contributed by atoms with van der Waals surface area (Å²) in [5.74, 6) is 5.61. The van der Waals surface area contributed by atoms with Gasteiger partial charge in [0.05, 0.1) is 11.9 Å². The van der Waals surface area contributed by atoms with Gasteiger partial charge in [-0.05, 0) is 18.6 Å². The third-order valence-corrected chi connectivity index (χ3v) is 3.07. The van der Waals surface area contributed by atoms with E-state index < -0.39 is 0 Å². The third-order valence-electron chi connectivity index (χ3n) is 3.07. The maximum atomic E-state index is 5.61. The second-order valence-electron chi connectivity index (χ2n) is 4.42. The molecule has 0 saturated heterocycles. The fourth-order valence-corrected chi connectivity index (χ4v) is 1.99. The van der Waals surface area contributed by atoms with Crippen molar-refractivity contribution >= 4 is 0 Å². The van der Waals surface area contributed by atoms with Gasteiger partial charge in [-0.2, -0.15) is 5.10 Å². The second kappa shape index (κ2) is 6.33. The number of unbranched alkanes of at least 4 members (excludes halogenated alkanes) is 1. The Labute approximate surface area is 108 Å². The zero-order chi connectivity index (χ0) is 12.8. The van der Waals surface area contributed by atoms with Crippen LogP contribution in [0.4, 0.5) is 0 Å². The smallest absolute Gasteiger partial charge is 0.0645 e. The lowest BCUT2D eigenvalue weighted by molar-refractivity contribution is 0.495. The number of hydrazine groups is 1. The Bertz CT molecular complexity index is 464. The van der Waals surface area contributed by atoms with Crippen molar-refractivity contribution in [3.63, 3.8) is 0 Å². The first-order valence-corrected chi connectivity index (χ1v) is 6.41. The van der Waals surface area contributed by atoms with Gasteiger partial charge in [-0.3, -0.25) is 11.3 Å². The van der Waals surface area contributed by atoms with E-state index in [4.69, 9.17) is 5.84 Å². The minimum absolute atomic E-state index is 0.183. The predicted molar refractivity (Wildman–Crippen MR) is 73.2 cm³/mol. The average Bonchev–Trinajstić information content (AvgIpc) is 2.90. The van der Waals surface area contributed by atoms with E-state index in [0.717, 1.165) is 24.1 Å². The van der Waals surface area contributed by atoms with Crippen LogP contribution >= 0.6 is 0 Å². The van der Waals surface area contributed by atoms with Crippen LogP contribution in [0.25, 0.3) is 5.69 Å². The maximum absolute atomic E-state index is 5.61. The summed E-state index contributed by atoms with van der Waals surface area (Å²) in [6, 6.07) is 10.3. The first kappa shape index (κ1) is 12.8. The summed E-state index contributed by atoms with van der Waals surface area (Å²) in [5, 5.41) is 4.38. The number of para-hydroxylation sites is 1. The molecule has 1 aromatic carbocycles. The van der Waals surface area contributed by atoms with Gasteiger partial charge in [0.2, 0.25) is 0 Å². The summed E-state index contributed by atoms with van der Waals surface area (Å²) in [6.45, 7) is 2.18. The Morgan fingerprint density at radius 1 is 1.33 bits per heavy atom. The molecule has 4 nitrogen and oxygen atoms in total. The minimum Gasteiger partial charge on any atom is -0.271 e. The molecular formula is C14H20N4. The fraction of sp³-hybridized carbons (Fsp3) is 0.357. The molecule has 2 aromatic rings. The van der Waals surface area contributed by atoms with Crippen LogP contribution in [0.1, 0.15) is 37.8 Å². The van der Waals surface area contributed by atoms with E-state index in [9.17, 15) is 0 Å². The van der Waals surface area contributed by atoms with Gasteiger partial charge in [0, 0.05) is 17.8 Å². The molecule has 1 unspecified atom stereocenters. The molecular weight excluding hydrogens is 224 g/mol. The standard InChI is InChI=1S/C14H20N4/c1-2-3-9-14(17-15)12-10-16-18(11-12)13-7-5-4-6-8-13/h4-8,10-11,14,17H,2-3,9,15H2,1H3. The molecule has 0 fully saturated rings. The molecule has 0 saturated carbocycles. The Morgan fingerprint density at radius 3 is 2.78 bits per heavy atom. The summed E-state index contributed by atoms with van der Waals surface area (Å²) in [5.41, 5.74) is 5.06. The molecule has 0 aliphatic rings. The van der Waals surface area contributed by atoms with Gasteiger partial charge in [-0.1, -0.05) is 38.0 Å². The lowest BCUT2D eigenvalue weighted by Crippen LogP contribution is -2.27. The molecule has 0 spiro atoms. The van der Waals surface area contributed by atoms with E-state index in [1.807, 2.05) is 47.4 Å². The molecule has 0 radical (unpaired) electrons. The largest absolute Gasteiger partial charge is 0.271 e. The predicted octanol–water partition coefficient (Wildman–Crippen LogP) is 2.57. The quantitative estimate of drug-likeness (QED) is 0.606. The van der Waals surface area contributed by atoms with Crippen LogP contribution in [-0.4, -0.2) is 9.78 Å². The molecule has 1 atom stereocenters. The number of nitrogens with two attached hydrogens (primary N) is 1. The number of nitrogens with one attached hydrogen (secondary N) is 1. The van der Waals surface area contributed by atoms with Crippen LogP contribution in [0.2, 0.25) is 0 Å². The molecule has 3 N–H and O–H groups in total. The van der Waals surface area contributed by atoms with E-state index >= 15 is 0 Å². The summed E-state index contributed by atoms with van der Waals surface area (Å²) in [7, 11) is 0. The number of nitrogens with zero attached hydrogens (tertiary/aromatic N) is 2. The van der Waals surface area contributed by atoms with Crippen molar-refractivity contribution in [1.82, 2.24) is 15.2 Å². The monoisotopic (exact) mass is 244 g/mol. The van der Waals surface area contributed by atoms with Crippen LogP contribution in [0.5, 0.6) is 0 Å². The van der Waals surface area contributed by atoms with E-state index in [1.54, 1.807) is 0 Å². The highest BCUT2D eigenvalue weighted by molar-refractivity contribution is 5.31. The highest BCUT2D eigenvalue weighted by Crippen LogP contribution is 2.19. The van der Waals surface area contributed by atoms with E-state index in [1.165, 1.54) is 6.42 Å². The van der Waals surface area contributed by atoms with Gasteiger partial charge in [0.1, 0.15) is 0 Å². The molecule has 1 heterocycles. The zero-order valence-electron chi connectivity index (χ0n) is 10.7. The molecule has 18 heavy (non-hydrogen) atoms. The molecule has 0 amide bonds. The number of rotatable bonds is 6. The summed E-state index contributed by atoms with van der Waals surface area (Å²) in [4.78, 5) is 0. The molecule has 1 aromatic heterocycles. The number of benzene rings is 1. The Kier molecular flexibility index (Phi) is 4.50. The number of aromatic nitrogens is 2. The Morgan fingerprint density at radius 2 is 2.11 bits per heavy atom. The molecule has 0 bridgehead atoms. The normalized spacial score (nSPS) is 12.6. The van der Waals surface area contributed by atoms with Crippen molar-refractivity contribution < 1.29 is 0 Å². The van der Waals surface area contributed by atoms with Crippen molar-refractivity contribution in [2.45, 2.75) is 32.2 Å². The lowest BCUT2D eigenvalue weighted by Gasteiger charge is -2.12. The highest BCUT2D eigenvalue weighted by Gasteiger charge is 2.11. The van der Waals surface area contributed by atoms with E-state index in [2.05, 4.69) is 17.4 Å². The van der Waals surface area contributed by atoms with Gasteiger partial charge in [0.15, 0.2) is 0 Å². The van der Waals surface area contributed by atoms with Gasteiger partial charge >= 0.3 is 0 Å². The number of hydrogen-bond acceptors (Lipinski definition) is 3. The summed E-state index contributed by atoms with van der Waals surface area (Å²) >= 11 is 0. The first-order valence-electron chi connectivity index (χ1n) is 6.41. The fourth-order valence-electron chi connectivity index (χ4n) is 1.99. The molecule has 0 aliphatic carbocycles. The molecule has 4 heteroatoms. The third kappa shape index (κ3) is 2.97.